The second-order valence-corrected chi connectivity index (χ2v) is 7.07. The molecular formula is C14H27NO2. The summed E-state index contributed by atoms with van der Waals surface area (Å²) in [6.07, 6.45) is 3.21. The highest BCUT2D eigenvalue weighted by Gasteiger charge is 2.53. The van der Waals surface area contributed by atoms with E-state index < -0.39 is 0 Å². The molecule has 2 aliphatic heterocycles. The Morgan fingerprint density at radius 1 is 1.18 bits per heavy atom. The first-order valence-corrected chi connectivity index (χ1v) is 6.76. The molecule has 3 unspecified atom stereocenters. The lowest BCUT2D eigenvalue weighted by Crippen LogP contribution is -2.54. The summed E-state index contributed by atoms with van der Waals surface area (Å²) < 4.78 is 12.0. The van der Waals surface area contributed by atoms with Crippen LogP contribution in [0.3, 0.4) is 0 Å². The van der Waals surface area contributed by atoms with Gasteiger partial charge in [-0.3, -0.25) is 0 Å². The second kappa shape index (κ2) is 3.94. The van der Waals surface area contributed by atoms with E-state index in [9.17, 15) is 0 Å². The molecule has 2 fully saturated rings. The summed E-state index contributed by atoms with van der Waals surface area (Å²) in [6.45, 7) is 11.6. The molecule has 100 valence electrons. The van der Waals surface area contributed by atoms with Gasteiger partial charge in [0.05, 0.1) is 16.8 Å². The normalized spacial score (nSPS) is 41.6. The van der Waals surface area contributed by atoms with Gasteiger partial charge in [0.15, 0.2) is 0 Å². The van der Waals surface area contributed by atoms with Gasteiger partial charge >= 0.3 is 0 Å². The van der Waals surface area contributed by atoms with Crippen LogP contribution in [0.15, 0.2) is 0 Å². The smallest absolute Gasteiger partial charge is 0.0809 e. The van der Waals surface area contributed by atoms with Crippen molar-refractivity contribution < 1.29 is 9.47 Å². The van der Waals surface area contributed by atoms with Crippen LogP contribution >= 0.6 is 0 Å². The summed E-state index contributed by atoms with van der Waals surface area (Å²) in [5.41, 5.74) is 6.13. The Morgan fingerprint density at radius 2 is 1.82 bits per heavy atom. The van der Waals surface area contributed by atoms with Gasteiger partial charge in [-0.15, -0.1) is 0 Å². The third kappa shape index (κ3) is 2.38. The van der Waals surface area contributed by atoms with Crippen molar-refractivity contribution in [3.63, 3.8) is 0 Å². The van der Waals surface area contributed by atoms with Crippen LogP contribution in [-0.4, -0.2) is 29.5 Å². The molecule has 2 heterocycles. The molecule has 2 saturated heterocycles. The summed E-state index contributed by atoms with van der Waals surface area (Å²) in [7, 11) is 0. The first-order valence-electron chi connectivity index (χ1n) is 6.76. The summed E-state index contributed by atoms with van der Waals surface area (Å²) in [5, 5.41) is 0. The predicted molar refractivity (Wildman–Crippen MR) is 68.9 cm³/mol. The maximum absolute atomic E-state index is 6.51. The van der Waals surface area contributed by atoms with Gasteiger partial charge in [-0.05, 0) is 53.9 Å². The third-order valence-corrected chi connectivity index (χ3v) is 4.53. The Hall–Kier alpha value is -0.120. The van der Waals surface area contributed by atoms with Crippen molar-refractivity contribution in [1.29, 1.82) is 0 Å². The van der Waals surface area contributed by atoms with E-state index in [1.54, 1.807) is 0 Å². The molecule has 0 spiro atoms. The van der Waals surface area contributed by atoms with Gasteiger partial charge in [-0.25, -0.2) is 0 Å². The number of ether oxygens (including phenoxy) is 2. The molecule has 0 radical (unpaired) electrons. The third-order valence-electron chi connectivity index (χ3n) is 4.53. The van der Waals surface area contributed by atoms with Gasteiger partial charge in [-0.2, -0.15) is 0 Å². The van der Waals surface area contributed by atoms with Crippen molar-refractivity contribution in [3.05, 3.63) is 0 Å². The summed E-state index contributed by atoms with van der Waals surface area (Å²) >= 11 is 0. The number of hydrogen-bond acceptors (Lipinski definition) is 3. The highest BCUT2D eigenvalue weighted by molar-refractivity contribution is 5.05. The second-order valence-electron chi connectivity index (χ2n) is 7.07. The molecule has 0 aliphatic carbocycles. The van der Waals surface area contributed by atoms with Gasteiger partial charge in [0.2, 0.25) is 0 Å². The zero-order chi connectivity index (χ0) is 12.9. The number of rotatable bonds is 2. The molecule has 0 aromatic rings. The van der Waals surface area contributed by atoms with Crippen molar-refractivity contribution in [3.8, 4) is 0 Å². The monoisotopic (exact) mass is 241 g/mol. The van der Waals surface area contributed by atoms with E-state index in [-0.39, 0.29) is 22.8 Å². The van der Waals surface area contributed by atoms with Gasteiger partial charge < -0.3 is 15.2 Å². The lowest BCUT2D eigenvalue weighted by molar-refractivity contribution is -0.0905. The van der Waals surface area contributed by atoms with Crippen LogP contribution < -0.4 is 5.73 Å². The van der Waals surface area contributed by atoms with E-state index in [0.717, 1.165) is 25.9 Å². The van der Waals surface area contributed by atoms with E-state index in [0.29, 0.717) is 5.92 Å². The fourth-order valence-electron chi connectivity index (χ4n) is 3.65. The lowest BCUT2D eigenvalue weighted by Gasteiger charge is -2.39. The highest BCUT2D eigenvalue weighted by atomic mass is 16.5. The van der Waals surface area contributed by atoms with Gasteiger partial charge in [0.25, 0.3) is 0 Å². The average Bonchev–Trinajstić information content (AvgIpc) is 2.67. The van der Waals surface area contributed by atoms with Gasteiger partial charge in [0, 0.05) is 18.6 Å². The van der Waals surface area contributed by atoms with E-state index in [4.69, 9.17) is 15.2 Å². The Balaban J connectivity index is 2.17. The highest BCUT2D eigenvalue weighted by Crippen LogP contribution is 2.46. The summed E-state index contributed by atoms with van der Waals surface area (Å²) in [4.78, 5) is 0. The molecule has 0 saturated carbocycles. The topological polar surface area (TPSA) is 44.5 Å². The summed E-state index contributed by atoms with van der Waals surface area (Å²) in [5.74, 6) is 0.362. The molecule has 2 aliphatic rings. The molecule has 3 atom stereocenters. The van der Waals surface area contributed by atoms with E-state index in [1.807, 2.05) is 0 Å². The Morgan fingerprint density at radius 3 is 2.24 bits per heavy atom. The maximum atomic E-state index is 6.51. The minimum atomic E-state index is -0.161. The minimum Gasteiger partial charge on any atom is -0.374 e. The number of hydrogen-bond donors (Lipinski definition) is 1. The quantitative estimate of drug-likeness (QED) is 0.807. The van der Waals surface area contributed by atoms with E-state index in [1.165, 1.54) is 0 Å². The van der Waals surface area contributed by atoms with Crippen LogP contribution in [0.5, 0.6) is 0 Å². The molecule has 0 aromatic carbocycles. The van der Waals surface area contributed by atoms with E-state index >= 15 is 0 Å². The van der Waals surface area contributed by atoms with Crippen LogP contribution in [0.4, 0.5) is 0 Å². The summed E-state index contributed by atoms with van der Waals surface area (Å²) in [6, 6.07) is 0.0572. The molecule has 0 aromatic heterocycles. The lowest BCUT2D eigenvalue weighted by atomic mass is 9.75. The fourth-order valence-corrected chi connectivity index (χ4v) is 3.65. The van der Waals surface area contributed by atoms with Crippen LogP contribution in [0.25, 0.3) is 0 Å². The standard InChI is InChI=1S/C14H27NO2/c1-12(2)9-10(13(3,4)17-12)11(15)14(5)7-6-8-16-14/h10-11H,6-9,15H2,1-5H3. The molecule has 2 N–H and O–H groups in total. The maximum Gasteiger partial charge on any atom is 0.0809 e. The number of nitrogens with two attached hydrogens (primary N) is 1. The molecule has 0 bridgehead atoms. The Bertz CT molecular complexity index is 293. The van der Waals surface area contributed by atoms with Crippen molar-refractivity contribution in [1.82, 2.24) is 0 Å². The van der Waals surface area contributed by atoms with E-state index in [2.05, 4.69) is 34.6 Å². The molecule has 17 heavy (non-hydrogen) atoms. The zero-order valence-electron chi connectivity index (χ0n) is 11.9. The van der Waals surface area contributed by atoms with Gasteiger partial charge in [-0.1, -0.05) is 0 Å². The van der Waals surface area contributed by atoms with Crippen LogP contribution in [0.2, 0.25) is 0 Å². The molecule has 0 amide bonds. The van der Waals surface area contributed by atoms with Crippen LogP contribution in [0, 0.1) is 5.92 Å². The Kier molecular flexibility index (Phi) is 3.08. The van der Waals surface area contributed by atoms with Crippen LogP contribution in [-0.2, 0) is 9.47 Å². The molecule has 2 rings (SSSR count). The van der Waals surface area contributed by atoms with Crippen molar-refractivity contribution in [2.45, 2.75) is 76.7 Å². The van der Waals surface area contributed by atoms with Crippen molar-refractivity contribution in [2.24, 2.45) is 11.7 Å². The molecule has 3 heteroatoms. The SMILES string of the molecule is CC1(C)CC(C(N)C2(C)CCCO2)C(C)(C)O1. The molecule has 3 nitrogen and oxygen atoms in total. The Labute approximate surface area is 105 Å². The van der Waals surface area contributed by atoms with Crippen molar-refractivity contribution in [2.75, 3.05) is 6.61 Å². The largest absolute Gasteiger partial charge is 0.374 e. The zero-order valence-corrected chi connectivity index (χ0v) is 11.9. The van der Waals surface area contributed by atoms with Crippen LogP contribution in [0.1, 0.15) is 53.9 Å². The van der Waals surface area contributed by atoms with Crippen molar-refractivity contribution >= 4 is 0 Å². The fraction of sp³-hybridized carbons (Fsp3) is 1.00. The average molecular weight is 241 g/mol. The van der Waals surface area contributed by atoms with Gasteiger partial charge in [0.1, 0.15) is 0 Å². The first-order chi connectivity index (χ1) is 7.66. The first kappa shape index (κ1) is 13.3. The molecular weight excluding hydrogens is 214 g/mol. The predicted octanol–water partition coefficient (Wildman–Crippen LogP) is 2.48. The minimum absolute atomic E-state index is 0.0572.